The molecule has 0 saturated carbocycles. The molecule has 0 aliphatic carbocycles. The van der Waals surface area contributed by atoms with Gasteiger partial charge < -0.3 is 10.2 Å². The standard InChI is InChI=1S/C14H18N2O/c1-2-8-16(14(17)13-9-15-10-13)11-12-6-4-3-5-7-12/h2-7,13,15H,1,8-11H2. The molecule has 0 aromatic heterocycles. The molecular weight excluding hydrogens is 212 g/mol. The molecule has 1 fully saturated rings. The second-order valence-corrected chi connectivity index (χ2v) is 4.35. The lowest BCUT2D eigenvalue weighted by Crippen LogP contribution is -2.51. The summed E-state index contributed by atoms with van der Waals surface area (Å²) >= 11 is 0. The molecule has 1 amide bonds. The summed E-state index contributed by atoms with van der Waals surface area (Å²) in [6, 6.07) is 10.1. The van der Waals surface area contributed by atoms with Gasteiger partial charge in [0.2, 0.25) is 5.91 Å². The summed E-state index contributed by atoms with van der Waals surface area (Å²) in [6.07, 6.45) is 1.78. The number of carbonyl (C=O) groups excluding carboxylic acids is 1. The monoisotopic (exact) mass is 230 g/mol. The van der Waals surface area contributed by atoms with Crippen molar-refractivity contribution in [1.82, 2.24) is 10.2 Å². The van der Waals surface area contributed by atoms with Gasteiger partial charge in [0, 0.05) is 26.2 Å². The van der Waals surface area contributed by atoms with E-state index < -0.39 is 0 Å². The third kappa shape index (κ3) is 2.94. The lowest BCUT2D eigenvalue weighted by atomic mass is 10.0. The lowest BCUT2D eigenvalue weighted by Gasteiger charge is -2.32. The molecule has 0 radical (unpaired) electrons. The van der Waals surface area contributed by atoms with E-state index in [4.69, 9.17) is 0 Å². The molecule has 1 saturated heterocycles. The average Bonchev–Trinajstić information content (AvgIpc) is 2.27. The Morgan fingerprint density at radius 2 is 2.12 bits per heavy atom. The smallest absolute Gasteiger partial charge is 0.228 e. The Morgan fingerprint density at radius 1 is 1.41 bits per heavy atom. The van der Waals surface area contributed by atoms with Crippen molar-refractivity contribution in [2.24, 2.45) is 5.92 Å². The summed E-state index contributed by atoms with van der Waals surface area (Å²) in [6.45, 7) is 6.62. The number of benzene rings is 1. The van der Waals surface area contributed by atoms with Crippen molar-refractivity contribution in [2.45, 2.75) is 6.54 Å². The Kier molecular flexibility index (Phi) is 3.94. The number of nitrogens with zero attached hydrogens (tertiary/aromatic N) is 1. The highest BCUT2D eigenvalue weighted by Crippen LogP contribution is 2.12. The fraction of sp³-hybridized carbons (Fsp3) is 0.357. The summed E-state index contributed by atoms with van der Waals surface area (Å²) < 4.78 is 0. The number of amides is 1. The van der Waals surface area contributed by atoms with E-state index in [0.717, 1.165) is 18.7 Å². The van der Waals surface area contributed by atoms with E-state index in [1.807, 2.05) is 35.2 Å². The van der Waals surface area contributed by atoms with Gasteiger partial charge in [-0.3, -0.25) is 4.79 Å². The topological polar surface area (TPSA) is 32.3 Å². The van der Waals surface area contributed by atoms with Crippen molar-refractivity contribution in [1.29, 1.82) is 0 Å². The van der Waals surface area contributed by atoms with E-state index in [2.05, 4.69) is 11.9 Å². The third-order valence-electron chi connectivity index (χ3n) is 3.01. The predicted molar refractivity (Wildman–Crippen MR) is 68.4 cm³/mol. The quantitative estimate of drug-likeness (QED) is 0.776. The minimum Gasteiger partial charge on any atom is -0.334 e. The Balaban J connectivity index is 2.01. The van der Waals surface area contributed by atoms with Gasteiger partial charge in [-0.15, -0.1) is 6.58 Å². The van der Waals surface area contributed by atoms with Crippen LogP contribution in [0.3, 0.4) is 0 Å². The maximum absolute atomic E-state index is 12.2. The zero-order valence-electron chi connectivity index (χ0n) is 9.93. The molecule has 17 heavy (non-hydrogen) atoms. The van der Waals surface area contributed by atoms with Crippen LogP contribution in [0, 0.1) is 5.92 Å². The fourth-order valence-corrected chi connectivity index (χ4v) is 1.91. The van der Waals surface area contributed by atoms with Gasteiger partial charge in [-0.25, -0.2) is 0 Å². The second kappa shape index (κ2) is 5.64. The fourth-order valence-electron chi connectivity index (χ4n) is 1.91. The van der Waals surface area contributed by atoms with E-state index >= 15 is 0 Å². The van der Waals surface area contributed by atoms with Crippen LogP contribution in [0.25, 0.3) is 0 Å². The molecule has 2 rings (SSSR count). The van der Waals surface area contributed by atoms with Crippen molar-refractivity contribution in [3.63, 3.8) is 0 Å². The van der Waals surface area contributed by atoms with Gasteiger partial charge in [0.1, 0.15) is 0 Å². The molecule has 0 unspecified atom stereocenters. The molecule has 1 heterocycles. The van der Waals surface area contributed by atoms with Crippen LogP contribution in [0.15, 0.2) is 43.0 Å². The zero-order valence-corrected chi connectivity index (χ0v) is 9.93. The Bertz CT molecular complexity index is 384. The van der Waals surface area contributed by atoms with Gasteiger partial charge in [-0.2, -0.15) is 0 Å². The third-order valence-corrected chi connectivity index (χ3v) is 3.01. The van der Waals surface area contributed by atoms with Crippen LogP contribution in [-0.4, -0.2) is 30.4 Å². The zero-order chi connectivity index (χ0) is 12.1. The van der Waals surface area contributed by atoms with Crippen molar-refractivity contribution < 1.29 is 4.79 Å². The minimum absolute atomic E-state index is 0.152. The summed E-state index contributed by atoms with van der Waals surface area (Å²) in [7, 11) is 0. The SMILES string of the molecule is C=CCN(Cc1ccccc1)C(=O)C1CNC1. The first-order valence-corrected chi connectivity index (χ1v) is 5.95. The van der Waals surface area contributed by atoms with E-state index in [1.165, 1.54) is 0 Å². The number of rotatable bonds is 5. The highest BCUT2D eigenvalue weighted by molar-refractivity contribution is 5.80. The van der Waals surface area contributed by atoms with Crippen LogP contribution in [0.2, 0.25) is 0 Å². The maximum Gasteiger partial charge on any atom is 0.228 e. The molecular formula is C14H18N2O. The van der Waals surface area contributed by atoms with E-state index in [0.29, 0.717) is 13.1 Å². The minimum atomic E-state index is 0.152. The van der Waals surface area contributed by atoms with Gasteiger partial charge in [0.05, 0.1) is 5.92 Å². The van der Waals surface area contributed by atoms with Gasteiger partial charge in [-0.05, 0) is 5.56 Å². The molecule has 90 valence electrons. The average molecular weight is 230 g/mol. The van der Waals surface area contributed by atoms with Crippen LogP contribution in [0.4, 0.5) is 0 Å². The Hall–Kier alpha value is -1.61. The first-order valence-electron chi connectivity index (χ1n) is 5.95. The summed E-state index contributed by atoms with van der Waals surface area (Å²) in [5, 5.41) is 3.13. The van der Waals surface area contributed by atoms with Crippen molar-refractivity contribution in [2.75, 3.05) is 19.6 Å². The Morgan fingerprint density at radius 3 is 2.65 bits per heavy atom. The summed E-state index contributed by atoms with van der Waals surface area (Å²) in [4.78, 5) is 14.0. The first kappa shape index (κ1) is 11.9. The Labute approximate surface area is 102 Å². The number of nitrogens with one attached hydrogen (secondary N) is 1. The van der Waals surface area contributed by atoms with Crippen LogP contribution in [0.5, 0.6) is 0 Å². The summed E-state index contributed by atoms with van der Waals surface area (Å²) in [5.74, 6) is 0.381. The van der Waals surface area contributed by atoms with E-state index in [1.54, 1.807) is 6.08 Å². The highest BCUT2D eigenvalue weighted by Gasteiger charge is 2.28. The van der Waals surface area contributed by atoms with Crippen molar-refractivity contribution in [3.8, 4) is 0 Å². The molecule has 1 N–H and O–H groups in total. The van der Waals surface area contributed by atoms with E-state index in [9.17, 15) is 4.79 Å². The van der Waals surface area contributed by atoms with Crippen molar-refractivity contribution in [3.05, 3.63) is 48.6 Å². The second-order valence-electron chi connectivity index (χ2n) is 4.35. The number of carbonyl (C=O) groups is 1. The van der Waals surface area contributed by atoms with Gasteiger partial charge in [-0.1, -0.05) is 36.4 Å². The highest BCUT2D eigenvalue weighted by atomic mass is 16.2. The molecule has 0 bridgehead atoms. The molecule has 3 nitrogen and oxygen atoms in total. The molecule has 3 heteroatoms. The number of hydrogen-bond donors (Lipinski definition) is 1. The predicted octanol–water partition coefficient (Wildman–Crippen LogP) is 1.42. The maximum atomic E-state index is 12.2. The van der Waals surface area contributed by atoms with Gasteiger partial charge >= 0.3 is 0 Å². The van der Waals surface area contributed by atoms with Crippen LogP contribution >= 0.6 is 0 Å². The largest absolute Gasteiger partial charge is 0.334 e. The first-order chi connectivity index (χ1) is 8.31. The normalized spacial score (nSPS) is 15.1. The molecule has 1 aromatic rings. The van der Waals surface area contributed by atoms with E-state index in [-0.39, 0.29) is 11.8 Å². The molecule has 1 aromatic carbocycles. The number of hydrogen-bond acceptors (Lipinski definition) is 2. The van der Waals surface area contributed by atoms with Crippen LogP contribution < -0.4 is 5.32 Å². The van der Waals surface area contributed by atoms with Crippen LogP contribution in [-0.2, 0) is 11.3 Å². The van der Waals surface area contributed by atoms with Gasteiger partial charge in [0.15, 0.2) is 0 Å². The van der Waals surface area contributed by atoms with Crippen molar-refractivity contribution >= 4 is 5.91 Å². The molecule has 0 spiro atoms. The molecule has 1 aliphatic heterocycles. The summed E-state index contributed by atoms with van der Waals surface area (Å²) in [5.41, 5.74) is 1.16. The molecule has 0 atom stereocenters. The molecule has 1 aliphatic rings. The lowest BCUT2D eigenvalue weighted by molar-refractivity contribution is -0.137. The van der Waals surface area contributed by atoms with Crippen LogP contribution in [0.1, 0.15) is 5.56 Å². The van der Waals surface area contributed by atoms with Gasteiger partial charge in [0.25, 0.3) is 0 Å².